The average molecular weight is 380 g/mol. The standard InChI is InChI=1S/C24H29NO3/c1-2-3-9-18-13-15-19(16-14-18)10-6-4-5-7-17-28-21-12-8-11-20-22(21)24(27)25-23(20)26/h8,11-16H,2-7,9-10,17H2,1H3,(H,25,26,27). The molecule has 0 radical (unpaired) electrons. The normalized spacial score (nSPS) is 12.8. The van der Waals surface area contributed by atoms with Crippen molar-refractivity contribution >= 4 is 11.8 Å². The number of rotatable bonds is 11. The topological polar surface area (TPSA) is 55.4 Å². The van der Waals surface area contributed by atoms with Crippen molar-refractivity contribution in [2.75, 3.05) is 6.61 Å². The molecule has 3 rings (SSSR count). The number of aryl methyl sites for hydroxylation is 2. The van der Waals surface area contributed by atoms with E-state index >= 15 is 0 Å². The van der Waals surface area contributed by atoms with Crippen molar-refractivity contribution in [2.45, 2.75) is 58.3 Å². The first-order valence-corrected chi connectivity index (χ1v) is 10.4. The van der Waals surface area contributed by atoms with Crippen LogP contribution in [0.15, 0.2) is 42.5 Å². The van der Waals surface area contributed by atoms with Crippen LogP contribution >= 0.6 is 0 Å². The van der Waals surface area contributed by atoms with E-state index in [-0.39, 0.29) is 11.8 Å². The minimum Gasteiger partial charge on any atom is -0.493 e. The summed E-state index contributed by atoms with van der Waals surface area (Å²) in [5, 5.41) is 2.31. The van der Waals surface area contributed by atoms with Gasteiger partial charge < -0.3 is 4.74 Å². The summed E-state index contributed by atoms with van der Waals surface area (Å²) in [7, 11) is 0. The second kappa shape index (κ2) is 10.1. The van der Waals surface area contributed by atoms with Crippen LogP contribution in [0.3, 0.4) is 0 Å². The van der Waals surface area contributed by atoms with Gasteiger partial charge in [0.2, 0.25) is 0 Å². The summed E-state index contributed by atoms with van der Waals surface area (Å²) in [5.74, 6) is -0.204. The molecule has 2 amide bonds. The number of ether oxygens (including phenoxy) is 1. The molecule has 1 heterocycles. The van der Waals surface area contributed by atoms with Gasteiger partial charge in [-0.25, -0.2) is 0 Å². The predicted octanol–water partition coefficient (Wildman–Crippen LogP) is 5.09. The first kappa shape index (κ1) is 20.1. The van der Waals surface area contributed by atoms with Crippen molar-refractivity contribution in [3.63, 3.8) is 0 Å². The number of hydrogen-bond donors (Lipinski definition) is 1. The lowest BCUT2D eigenvalue weighted by molar-refractivity contribution is 0.0878. The van der Waals surface area contributed by atoms with Gasteiger partial charge in [0.1, 0.15) is 5.75 Å². The molecule has 0 unspecified atom stereocenters. The van der Waals surface area contributed by atoms with Gasteiger partial charge in [0.05, 0.1) is 17.7 Å². The van der Waals surface area contributed by atoms with E-state index < -0.39 is 0 Å². The molecule has 0 aromatic heterocycles. The molecule has 148 valence electrons. The van der Waals surface area contributed by atoms with Gasteiger partial charge in [-0.2, -0.15) is 0 Å². The number of benzene rings is 2. The zero-order chi connectivity index (χ0) is 19.8. The van der Waals surface area contributed by atoms with E-state index in [1.54, 1.807) is 18.2 Å². The molecule has 0 aliphatic carbocycles. The smallest absolute Gasteiger partial charge is 0.262 e. The molecule has 1 aliphatic heterocycles. The van der Waals surface area contributed by atoms with Gasteiger partial charge in [-0.05, 0) is 55.4 Å². The molecular formula is C24H29NO3. The fourth-order valence-electron chi connectivity index (χ4n) is 3.53. The summed E-state index contributed by atoms with van der Waals surface area (Å²) < 4.78 is 5.76. The largest absolute Gasteiger partial charge is 0.493 e. The van der Waals surface area contributed by atoms with E-state index in [9.17, 15) is 9.59 Å². The Bertz CT molecular complexity index is 811. The number of amides is 2. The van der Waals surface area contributed by atoms with Gasteiger partial charge in [0.15, 0.2) is 0 Å². The van der Waals surface area contributed by atoms with Crippen LogP contribution < -0.4 is 10.1 Å². The molecular weight excluding hydrogens is 350 g/mol. The van der Waals surface area contributed by atoms with Crippen LogP contribution in [0.1, 0.15) is 77.3 Å². The molecule has 1 N–H and O–H groups in total. The molecule has 4 nitrogen and oxygen atoms in total. The summed E-state index contributed by atoms with van der Waals surface area (Å²) in [5.41, 5.74) is 3.62. The Balaban J connectivity index is 1.33. The predicted molar refractivity (Wildman–Crippen MR) is 111 cm³/mol. The van der Waals surface area contributed by atoms with Gasteiger partial charge in [0.25, 0.3) is 11.8 Å². The van der Waals surface area contributed by atoms with Crippen LogP contribution in [0.25, 0.3) is 0 Å². The second-order valence-corrected chi connectivity index (χ2v) is 7.39. The number of nitrogens with one attached hydrogen (secondary N) is 1. The maximum Gasteiger partial charge on any atom is 0.262 e. The molecule has 28 heavy (non-hydrogen) atoms. The Morgan fingerprint density at radius 1 is 0.786 bits per heavy atom. The van der Waals surface area contributed by atoms with Crippen LogP contribution in [-0.2, 0) is 12.8 Å². The molecule has 0 atom stereocenters. The molecule has 0 saturated carbocycles. The van der Waals surface area contributed by atoms with Crippen molar-refractivity contribution in [1.82, 2.24) is 5.32 Å². The quantitative estimate of drug-likeness (QED) is 0.437. The van der Waals surface area contributed by atoms with Gasteiger partial charge in [-0.15, -0.1) is 0 Å². The third-order valence-corrected chi connectivity index (χ3v) is 5.18. The van der Waals surface area contributed by atoms with Crippen LogP contribution in [0.5, 0.6) is 5.75 Å². The van der Waals surface area contributed by atoms with Crippen molar-refractivity contribution < 1.29 is 14.3 Å². The van der Waals surface area contributed by atoms with Crippen LogP contribution in [0, 0.1) is 0 Å². The SMILES string of the molecule is CCCCc1ccc(CCCCCCOc2cccc3c2C(=O)NC3=O)cc1. The summed E-state index contributed by atoms with van der Waals surface area (Å²) in [6.07, 6.45) is 9.15. The van der Waals surface area contributed by atoms with Crippen LogP contribution in [0.4, 0.5) is 0 Å². The first-order chi connectivity index (χ1) is 13.7. The number of fused-ring (bicyclic) bond motifs is 1. The molecule has 2 aromatic rings. The Labute approximate surface area is 167 Å². The molecule has 0 saturated heterocycles. The number of imide groups is 1. The van der Waals surface area contributed by atoms with Gasteiger partial charge in [-0.3, -0.25) is 14.9 Å². The summed E-state index contributed by atoms with van der Waals surface area (Å²) in [6.45, 7) is 2.79. The lowest BCUT2D eigenvalue weighted by Gasteiger charge is -2.09. The Kier molecular flexibility index (Phi) is 7.24. The minimum absolute atomic E-state index is 0.344. The Morgan fingerprint density at radius 3 is 2.18 bits per heavy atom. The van der Waals surface area contributed by atoms with Crippen molar-refractivity contribution in [1.29, 1.82) is 0 Å². The zero-order valence-corrected chi connectivity index (χ0v) is 16.6. The highest BCUT2D eigenvalue weighted by Crippen LogP contribution is 2.26. The maximum absolute atomic E-state index is 11.9. The van der Waals surface area contributed by atoms with Crippen LogP contribution in [-0.4, -0.2) is 18.4 Å². The van der Waals surface area contributed by atoms with Crippen molar-refractivity contribution in [3.05, 3.63) is 64.7 Å². The fourth-order valence-corrected chi connectivity index (χ4v) is 3.53. The number of carbonyl (C=O) groups is 2. The minimum atomic E-state index is -0.365. The summed E-state index contributed by atoms with van der Waals surface area (Å²) in [4.78, 5) is 23.5. The molecule has 0 bridgehead atoms. The van der Waals surface area contributed by atoms with Gasteiger partial charge in [0, 0.05) is 0 Å². The van der Waals surface area contributed by atoms with Gasteiger partial charge in [-0.1, -0.05) is 56.5 Å². The van der Waals surface area contributed by atoms with E-state index in [0.717, 1.165) is 25.7 Å². The highest BCUT2D eigenvalue weighted by Gasteiger charge is 2.29. The van der Waals surface area contributed by atoms with Crippen molar-refractivity contribution in [2.24, 2.45) is 0 Å². The van der Waals surface area contributed by atoms with Crippen molar-refractivity contribution in [3.8, 4) is 5.75 Å². The first-order valence-electron chi connectivity index (χ1n) is 10.4. The maximum atomic E-state index is 11.9. The monoisotopic (exact) mass is 379 g/mol. The lowest BCUT2D eigenvalue weighted by atomic mass is 10.0. The molecule has 1 aliphatic rings. The average Bonchev–Trinajstić information content (AvgIpc) is 3.01. The Morgan fingerprint density at radius 2 is 1.46 bits per heavy atom. The third kappa shape index (κ3) is 5.22. The number of carbonyl (C=O) groups excluding carboxylic acids is 2. The fraction of sp³-hybridized carbons (Fsp3) is 0.417. The second-order valence-electron chi connectivity index (χ2n) is 7.39. The van der Waals surface area contributed by atoms with Crippen LogP contribution in [0.2, 0.25) is 0 Å². The van der Waals surface area contributed by atoms with Gasteiger partial charge >= 0.3 is 0 Å². The highest BCUT2D eigenvalue weighted by atomic mass is 16.5. The summed E-state index contributed by atoms with van der Waals surface area (Å²) in [6, 6.07) is 14.2. The third-order valence-electron chi connectivity index (χ3n) is 5.18. The molecule has 0 spiro atoms. The van der Waals surface area contributed by atoms with E-state index in [1.165, 1.54) is 36.8 Å². The Hall–Kier alpha value is -2.62. The summed E-state index contributed by atoms with van der Waals surface area (Å²) >= 11 is 0. The van der Waals surface area contributed by atoms with E-state index in [2.05, 4.69) is 36.5 Å². The molecule has 0 fully saturated rings. The van der Waals surface area contributed by atoms with E-state index in [0.29, 0.717) is 23.5 Å². The molecule has 4 heteroatoms. The number of hydrogen-bond acceptors (Lipinski definition) is 3. The van der Waals surface area contributed by atoms with E-state index in [4.69, 9.17) is 4.74 Å². The lowest BCUT2D eigenvalue weighted by Crippen LogP contribution is -2.20. The van der Waals surface area contributed by atoms with E-state index in [1.807, 2.05) is 0 Å². The zero-order valence-electron chi connectivity index (χ0n) is 16.6. The number of unbranched alkanes of at least 4 members (excludes halogenated alkanes) is 4. The molecule has 2 aromatic carbocycles. The highest BCUT2D eigenvalue weighted by molar-refractivity contribution is 6.22.